The van der Waals surface area contributed by atoms with Gasteiger partial charge in [0, 0.05) is 6.07 Å². The zero-order valence-electron chi connectivity index (χ0n) is 11.6. The normalized spacial score (nSPS) is 9.82. The second-order valence-electron chi connectivity index (χ2n) is 4.09. The monoisotopic (exact) mass is 301 g/mol. The lowest BCUT2D eigenvalue weighted by atomic mass is 10.1. The predicted molar refractivity (Wildman–Crippen MR) is 76.5 cm³/mol. The highest BCUT2D eigenvalue weighted by atomic mass is 16.6. The van der Waals surface area contributed by atoms with Crippen LogP contribution in [0.3, 0.4) is 0 Å². The van der Waals surface area contributed by atoms with Gasteiger partial charge < -0.3 is 13.9 Å². The molecule has 0 fully saturated rings. The van der Waals surface area contributed by atoms with Crippen molar-refractivity contribution in [3.63, 3.8) is 0 Å². The summed E-state index contributed by atoms with van der Waals surface area (Å²) in [5, 5.41) is 10.8. The molecule has 112 valence electrons. The van der Waals surface area contributed by atoms with Crippen molar-refractivity contribution in [2.75, 3.05) is 13.7 Å². The fourth-order valence-electron chi connectivity index (χ4n) is 1.77. The lowest BCUT2D eigenvalue weighted by Crippen LogP contribution is -2.03. The molecule has 22 heavy (non-hydrogen) atoms. The van der Waals surface area contributed by atoms with Crippen molar-refractivity contribution in [2.45, 2.75) is 0 Å². The largest absolute Gasteiger partial charge is 0.496 e. The molecule has 0 bridgehead atoms. The van der Waals surface area contributed by atoms with Crippen LogP contribution in [0, 0.1) is 22.5 Å². The van der Waals surface area contributed by atoms with E-state index in [9.17, 15) is 14.9 Å². The second kappa shape index (κ2) is 6.45. The molecule has 0 saturated carbocycles. The molecular weight excluding hydrogens is 290 g/mol. The van der Waals surface area contributed by atoms with Crippen LogP contribution in [0.25, 0.3) is 11.3 Å². The molecule has 0 spiro atoms. The summed E-state index contributed by atoms with van der Waals surface area (Å²) >= 11 is 0. The van der Waals surface area contributed by atoms with E-state index in [1.165, 1.54) is 37.4 Å². The van der Waals surface area contributed by atoms with Gasteiger partial charge in [0.15, 0.2) is 6.61 Å². The van der Waals surface area contributed by atoms with Crippen molar-refractivity contribution < 1.29 is 23.6 Å². The van der Waals surface area contributed by atoms with Crippen LogP contribution in [0.2, 0.25) is 0 Å². The van der Waals surface area contributed by atoms with Crippen molar-refractivity contribution in [3.8, 4) is 29.4 Å². The molecule has 1 aromatic heterocycles. The number of furan rings is 1. The van der Waals surface area contributed by atoms with Gasteiger partial charge in [-0.3, -0.25) is 10.1 Å². The predicted octanol–water partition coefficient (Wildman–Crippen LogP) is 2.65. The highest BCUT2D eigenvalue weighted by Gasteiger charge is 2.18. The zero-order valence-corrected chi connectivity index (χ0v) is 11.6. The highest BCUT2D eigenvalue weighted by molar-refractivity contribution is 5.87. The minimum Gasteiger partial charge on any atom is -0.496 e. The molecule has 2 aromatic rings. The maximum absolute atomic E-state index is 11.6. The van der Waals surface area contributed by atoms with Crippen LogP contribution >= 0.6 is 0 Å². The number of carbonyl (C=O) groups excluding carboxylic acids is 1. The number of methoxy groups -OCH3 is 1. The van der Waals surface area contributed by atoms with Gasteiger partial charge in [-0.15, -0.1) is 6.42 Å². The lowest BCUT2D eigenvalue weighted by molar-refractivity contribution is -0.384. The third-order valence-electron chi connectivity index (χ3n) is 2.76. The Balaban J connectivity index is 2.33. The molecule has 0 radical (unpaired) electrons. The number of ether oxygens (including phenoxy) is 2. The molecule has 0 saturated heterocycles. The van der Waals surface area contributed by atoms with Gasteiger partial charge in [0.1, 0.15) is 11.5 Å². The molecule has 0 atom stereocenters. The van der Waals surface area contributed by atoms with E-state index in [0.29, 0.717) is 11.3 Å². The Morgan fingerprint density at radius 2 is 2.18 bits per heavy atom. The molecular formula is C15H11NO6. The van der Waals surface area contributed by atoms with Crippen molar-refractivity contribution >= 4 is 11.7 Å². The summed E-state index contributed by atoms with van der Waals surface area (Å²) in [5.74, 6) is 2.04. The van der Waals surface area contributed by atoms with Crippen LogP contribution < -0.4 is 4.74 Å². The second-order valence-corrected chi connectivity index (χ2v) is 4.09. The van der Waals surface area contributed by atoms with Gasteiger partial charge in [0.05, 0.1) is 23.7 Å². The van der Waals surface area contributed by atoms with Crippen molar-refractivity contribution in [1.82, 2.24) is 0 Å². The standard InChI is InChI=1S/C15H11NO6/c1-3-8-21-15(17)13-7-6-12(22-13)11-5-4-10(16(18)19)9-14(11)20-2/h1,4-7,9H,8H2,2H3. The number of nitrogens with zero attached hydrogens (tertiary/aromatic N) is 1. The van der Waals surface area contributed by atoms with E-state index in [0.717, 1.165) is 0 Å². The highest BCUT2D eigenvalue weighted by Crippen LogP contribution is 2.34. The molecule has 0 aliphatic rings. The fourth-order valence-corrected chi connectivity index (χ4v) is 1.77. The van der Waals surface area contributed by atoms with Crippen LogP contribution in [0.15, 0.2) is 34.7 Å². The molecule has 7 heteroatoms. The van der Waals surface area contributed by atoms with Crippen molar-refractivity contribution in [1.29, 1.82) is 0 Å². The van der Waals surface area contributed by atoms with Crippen molar-refractivity contribution in [3.05, 3.63) is 46.2 Å². The third kappa shape index (κ3) is 3.07. The number of nitro benzene ring substituents is 1. The smallest absolute Gasteiger partial charge is 0.375 e. The summed E-state index contributed by atoms with van der Waals surface area (Å²) in [6.07, 6.45) is 5.00. The Morgan fingerprint density at radius 1 is 1.41 bits per heavy atom. The summed E-state index contributed by atoms with van der Waals surface area (Å²) in [5.41, 5.74) is 0.366. The van der Waals surface area contributed by atoms with Gasteiger partial charge in [-0.2, -0.15) is 0 Å². The van der Waals surface area contributed by atoms with Crippen LogP contribution in [-0.2, 0) is 4.74 Å². The number of non-ortho nitro benzene ring substituents is 1. The van der Waals surface area contributed by atoms with Gasteiger partial charge >= 0.3 is 5.97 Å². The number of nitro groups is 1. The number of hydrogen-bond acceptors (Lipinski definition) is 6. The number of carbonyl (C=O) groups is 1. The molecule has 2 rings (SSSR count). The zero-order chi connectivity index (χ0) is 16.1. The topological polar surface area (TPSA) is 91.8 Å². The van der Waals surface area contributed by atoms with E-state index in [-0.39, 0.29) is 23.8 Å². The molecule has 1 aromatic carbocycles. The molecule has 0 amide bonds. The van der Waals surface area contributed by atoms with Gasteiger partial charge in [-0.05, 0) is 18.2 Å². The quantitative estimate of drug-likeness (QED) is 0.365. The first-order valence-corrected chi connectivity index (χ1v) is 6.10. The Bertz CT molecular complexity index is 756. The average Bonchev–Trinajstić information content (AvgIpc) is 3.01. The van der Waals surface area contributed by atoms with E-state index >= 15 is 0 Å². The first-order chi connectivity index (χ1) is 10.6. The summed E-state index contributed by atoms with van der Waals surface area (Å²) in [4.78, 5) is 21.8. The summed E-state index contributed by atoms with van der Waals surface area (Å²) < 4.78 is 15.2. The number of benzene rings is 1. The molecule has 0 N–H and O–H groups in total. The van der Waals surface area contributed by atoms with E-state index < -0.39 is 10.9 Å². The van der Waals surface area contributed by atoms with Crippen LogP contribution in [0.1, 0.15) is 10.6 Å². The van der Waals surface area contributed by atoms with Crippen LogP contribution in [0.4, 0.5) is 5.69 Å². The fraction of sp³-hybridized carbons (Fsp3) is 0.133. The number of esters is 1. The third-order valence-corrected chi connectivity index (χ3v) is 2.76. The lowest BCUT2D eigenvalue weighted by Gasteiger charge is -2.05. The Kier molecular flexibility index (Phi) is 4.44. The van der Waals surface area contributed by atoms with Gasteiger partial charge in [-0.1, -0.05) is 5.92 Å². The molecule has 0 aliphatic carbocycles. The van der Waals surface area contributed by atoms with Gasteiger partial charge in [0.2, 0.25) is 5.76 Å². The molecule has 0 aliphatic heterocycles. The van der Waals surface area contributed by atoms with E-state index in [1.807, 2.05) is 0 Å². The van der Waals surface area contributed by atoms with E-state index in [1.54, 1.807) is 0 Å². The Labute approximate surface area is 125 Å². The number of rotatable bonds is 5. The Hall–Kier alpha value is -3.27. The SMILES string of the molecule is C#CCOC(=O)c1ccc(-c2ccc([N+](=O)[O-])cc2OC)o1. The molecule has 0 unspecified atom stereocenters. The molecule has 7 nitrogen and oxygen atoms in total. The van der Waals surface area contributed by atoms with Gasteiger partial charge in [-0.25, -0.2) is 4.79 Å². The Morgan fingerprint density at radius 3 is 2.82 bits per heavy atom. The minimum atomic E-state index is -0.690. The number of terminal acetylenes is 1. The summed E-state index contributed by atoms with van der Waals surface area (Å²) in [7, 11) is 1.38. The number of hydrogen-bond donors (Lipinski definition) is 0. The first-order valence-electron chi connectivity index (χ1n) is 6.10. The average molecular weight is 301 g/mol. The van der Waals surface area contributed by atoms with E-state index in [4.69, 9.17) is 20.3 Å². The van der Waals surface area contributed by atoms with E-state index in [2.05, 4.69) is 5.92 Å². The van der Waals surface area contributed by atoms with Gasteiger partial charge in [0.25, 0.3) is 5.69 Å². The summed E-state index contributed by atoms with van der Waals surface area (Å²) in [6.45, 7) is -0.157. The summed E-state index contributed by atoms with van der Waals surface area (Å²) in [6, 6.07) is 7.03. The molecule has 1 heterocycles. The maximum Gasteiger partial charge on any atom is 0.375 e. The van der Waals surface area contributed by atoms with Crippen LogP contribution in [0.5, 0.6) is 5.75 Å². The maximum atomic E-state index is 11.6. The minimum absolute atomic E-state index is 0.0225. The van der Waals surface area contributed by atoms with Crippen molar-refractivity contribution in [2.24, 2.45) is 0 Å². The first kappa shape index (κ1) is 15.1. The van der Waals surface area contributed by atoms with Crippen LogP contribution in [-0.4, -0.2) is 24.6 Å².